The average Bonchev–Trinajstić information content (AvgIpc) is 2.43. The van der Waals surface area contributed by atoms with Gasteiger partial charge in [-0.2, -0.15) is 0 Å². The van der Waals surface area contributed by atoms with Crippen LogP contribution in [-0.4, -0.2) is 30.7 Å². The number of terminal acetylenes is 1. The molecular weight excluding hydrogens is 365 g/mol. The summed E-state index contributed by atoms with van der Waals surface area (Å²) in [7, 11) is 0. The van der Waals surface area contributed by atoms with Gasteiger partial charge in [0.25, 0.3) is 0 Å². The van der Waals surface area contributed by atoms with Crippen LogP contribution in [0.5, 0.6) is 0 Å². The van der Waals surface area contributed by atoms with E-state index in [4.69, 9.17) is 6.42 Å². The Morgan fingerprint density at radius 3 is 2.55 bits per heavy atom. The number of halogens is 1. The zero-order valence-corrected chi connectivity index (χ0v) is 14.2. The molecule has 1 atom stereocenters. The summed E-state index contributed by atoms with van der Waals surface area (Å²) in [5.74, 6) is 3.10. The van der Waals surface area contributed by atoms with Crippen LogP contribution in [0.1, 0.15) is 19.4 Å². The minimum atomic E-state index is -1.00. The normalized spacial score (nSPS) is 13.6. The first-order valence-corrected chi connectivity index (χ1v) is 6.33. The molecule has 0 saturated heterocycles. The Morgan fingerprint density at radius 1 is 1.35 bits per heavy atom. The van der Waals surface area contributed by atoms with Crippen LogP contribution in [0.4, 0.5) is 0 Å². The van der Waals surface area contributed by atoms with Gasteiger partial charge in [-0.3, -0.25) is 0 Å². The first-order valence-electron chi connectivity index (χ1n) is 6.33. The van der Waals surface area contributed by atoms with E-state index in [9.17, 15) is 5.11 Å². The molecular formula is C15H22IN3O. The minimum absolute atomic E-state index is 0. The van der Waals surface area contributed by atoms with Crippen LogP contribution in [-0.2, 0) is 5.60 Å². The summed E-state index contributed by atoms with van der Waals surface area (Å²) in [6.07, 6.45) is 5.20. The number of aliphatic hydroxyl groups is 1. The van der Waals surface area contributed by atoms with Crippen molar-refractivity contribution in [2.24, 2.45) is 4.99 Å². The highest BCUT2D eigenvalue weighted by molar-refractivity contribution is 14.0. The number of nitrogens with one attached hydrogen (secondary N) is 2. The molecule has 0 fully saturated rings. The molecule has 0 spiro atoms. The monoisotopic (exact) mass is 387 g/mol. The largest absolute Gasteiger partial charge is 0.384 e. The topological polar surface area (TPSA) is 56.7 Å². The highest BCUT2D eigenvalue weighted by Crippen LogP contribution is 2.20. The van der Waals surface area contributed by atoms with E-state index in [0.717, 1.165) is 12.1 Å². The molecule has 5 heteroatoms. The Morgan fingerprint density at radius 2 is 2.00 bits per heavy atom. The Hall–Kier alpha value is -1.26. The van der Waals surface area contributed by atoms with Crippen molar-refractivity contribution in [3.8, 4) is 12.3 Å². The van der Waals surface area contributed by atoms with Crippen molar-refractivity contribution in [2.45, 2.75) is 19.4 Å². The van der Waals surface area contributed by atoms with Crippen molar-refractivity contribution in [1.29, 1.82) is 0 Å². The first kappa shape index (κ1) is 18.7. The summed E-state index contributed by atoms with van der Waals surface area (Å²) in [6.45, 7) is 5.12. The Bertz CT molecular complexity index is 452. The minimum Gasteiger partial charge on any atom is -0.384 e. The van der Waals surface area contributed by atoms with E-state index >= 15 is 0 Å². The third kappa shape index (κ3) is 6.26. The van der Waals surface area contributed by atoms with Crippen molar-refractivity contribution in [3.63, 3.8) is 0 Å². The number of hydrogen-bond acceptors (Lipinski definition) is 2. The summed E-state index contributed by atoms with van der Waals surface area (Å²) in [5.41, 5.74) is -0.161. The fourth-order valence-electron chi connectivity index (χ4n) is 1.60. The SMILES string of the molecule is C#CCNC(=NCC(C)(O)c1ccccc1)NCC.I. The van der Waals surface area contributed by atoms with Crippen LogP contribution in [0.15, 0.2) is 35.3 Å². The molecule has 1 unspecified atom stereocenters. The molecule has 0 aliphatic heterocycles. The molecule has 0 bridgehead atoms. The second kappa shape index (κ2) is 9.61. The molecule has 3 N–H and O–H groups in total. The van der Waals surface area contributed by atoms with Crippen LogP contribution < -0.4 is 10.6 Å². The first-order chi connectivity index (χ1) is 9.10. The second-order valence-electron chi connectivity index (χ2n) is 4.39. The lowest BCUT2D eigenvalue weighted by molar-refractivity contribution is 0.0672. The van der Waals surface area contributed by atoms with Gasteiger partial charge in [-0.1, -0.05) is 36.3 Å². The maximum atomic E-state index is 10.4. The molecule has 110 valence electrons. The summed E-state index contributed by atoms with van der Waals surface area (Å²) in [4.78, 5) is 4.35. The number of rotatable bonds is 5. The van der Waals surface area contributed by atoms with Gasteiger partial charge in [-0.05, 0) is 19.4 Å². The number of nitrogens with zero attached hydrogens (tertiary/aromatic N) is 1. The van der Waals surface area contributed by atoms with Crippen molar-refractivity contribution in [1.82, 2.24) is 10.6 Å². The van der Waals surface area contributed by atoms with Crippen LogP contribution in [0.2, 0.25) is 0 Å². The summed E-state index contributed by atoms with van der Waals surface area (Å²) in [6, 6.07) is 9.49. The van der Waals surface area contributed by atoms with Gasteiger partial charge in [-0.15, -0.1) is 30.4 Å². The van der Waals surface area contributed by atoms with E-state index in [0.29, 0.717) is 12.5 Å². The van der Waals surface area contributed by atoms with Gasteiger partial charge in [0.05, 0.1) is 13.1 Å². The smallest absolute Gasteiger partial charge is 0.192 e. The zero-order chi connectivity index (χ0) is 14.1. The van der Waals surface area contributed by atoms with Crippen LogP contribution >= 0.6 is 24.0 Å². The van der Waals surface area contributed by atoms with Gasteiger partial charge in [0, 0.05) is 6.54 Å². The third-order valence-electron chi connectivity index (χ3n) is 2.64. The zero-order valence-electron chi connectivity index (χ0n) is 11.9. The highest BCUT2D eigenvalue weighted by Gasteiger charge is 2.22. The quantitative estimate of drug-likeness (QED) is 0.312. The third-order valence-corrected chi connectivity index (χ3v) is 2.64. The Balaban J connectivity index is 0.00000361. The van der Waals surface area contributed by atoms with Crippen molar-refractivity contribution in [2.75, 3.05) is 19.6 Å². The van der Waals surface area contributed by atoms with Crippen LogP contribution in [0.3, 0.4) is 0 Å². The Labute approximate surface area is 138 Å². The van der Waals surface area contributed by atoms with E-state index < -0.39 is 5.60 Å². The summed E-state index contributed by atoms with van der Waals surface area (Å²) >= 11 is 0. The fourth-order valence-corrected chi connectivity index (χ4v) is 1.60. The van der Waals surface area contributed by atoms with Gasteiger partial charge in [0.2, 0.25) is 0 Å². The maximum Gasteiger partial charge on any atom is 0.192 e. The van der Waals surface area contributed by atoms with Crippen LogP contribution in [0.25, 0.3) is 0 Å². The standard InChI is InChI=1S/C15H21N3O.HI/c1-4-11-17-14(16-5-2)18-12-15(3,19)13-9-7-6-8-10-13;/h1,6-10,19H,5,11-12H2,2-3H3,(H2,16,17,18);1H. The van der Waals surface area contributed by atoms with E-state index in [2.05, 4.69) is 21.5 Å². The number of benzene rings is 1. The lowest BCUT2D eigenvalue weighted by atomic mass is 9.96. The molecule has 0 radical (unpaired) electrons. The fraction of sp³-hybridized carbons (Fsp3) is 0.400. The summed E-state index contributed by atoms with van der Waals surface area (Å²) in [5, 5.41) is 16.5. The number of guanidine groups is 1. The van der Waals surface area contributed by atoms with Crippen LogP contribution in [0, 0.1) is 12.3 Å². The lowest BCUT2D eigenvalue weighted by Crippen LogP contribution is -2.39. The molecule has 0 saturated carbocycles. The predicted octanol–water partition coefficient (Wildman–Crippen LogP) is 1.70. The molecule has 0 heterocycles. The Kier molecular flexibility index (Phi) is 9.01. The molecule has 1 aromatic rings. The average molecular weight is 387 g/mol. The molecule has 0 aromatic heterocycles. The molecule has 0 amide bonds. The molecule has 1 aromatic carbocycles. The number of aliphatic imine (C=N–C) groups is 1. The van der Waals surface area contributed by atoms with Crippen molar-refractivity contribution >= 4 is 29.9 Å². The lowest BCUT2D eigenvalue weighted by Gasteiger charge is -2.22. The van der Waals surface area contributed by atoms with Crippen molar-refractivity contribution in [3.05, 3.63) is 35.9 Å². The predicted molar refractivity (Wildman–Crippen MR) is 94.2 cm³/mol. The molecule has 0 aliphatic rings. The van der Waals surface area contributed by atoms with E-state index in [1.165, 1.54) is 0 Å². The highest BCUT2D eigenvalue weighted by atomic mass is 127. The molecule has 0 aliphatic carbocycles. The van der Waals surface area contributed by atoms with Gasteiger partial charge >= 0.3 is 0 Å². The van der Waals surface area contributed by atoms with Gasteiger partial charge in [-0.25, -0.2) is 4.99 Å². The molecule has 4 nitrogen and oxygen atoms in total. The second-order valence-corrected chi connectivity index (χ2v) is 4.39. The number of hydrogen-bond donors (Lipinski definition) is 3. The van der Waals surface area contributed by atoms with Gasteiger partial charge in [0.15, 0.2) is 5.96 Å². The van der Waals surface area contributed by atoms with E-state index in [1.807, 2.05) is 37.3 Å². The summed E-state index contributed by atoms with van der Waals surface area (Å²) < 4.78 is 0. The van der Waals surface area contributed by atoms with Gasteiger partial charge in [0.1, 0.15) is 5.60 Å². The maximum absolute atomic E-state index is 10.4. The molecule has 20 heavy (non-hydrogen) atoms. The van der Waals surface area contributed by atoms with Gasteiger partial charge < -0.3 is 15.7 Å². The molecule has 1 rings (SSSR count). The van der Waals surface area contributed by atoms with Crippen molar-refractivity contribution < 1.29 is 5.11 Å². The van der Waals surface area contributed by atoms with E-state index in [1.54, 1.807) is 6.92 Å². The van der Waals surface area contributed by atoms with E-state index in [-0.39, 0.29) is 30.5 Å².